The van der Waals surface area contributed by atoms with Gasteiger partial charge in [0, 0.05) is 12.3 Å². The number of sulfonamides is 1. The zero-order valence-corrected chi connectivity index (χ0v) is 12.7. The monoisotopic (exact) mass is 330 g/mol. The smallest absolute Gasteiger partial charge is 0.239 e. The lowest BCUT2D eigenvalue weighted by Gasteiger charge is -2.21. The Hall–Kier alpha value is -1.18. The average Bonchev–Trinajstić information content (AvgIpc) is 2.95. The maximum atomic E-state index is 11.5. The zero-order valence-electron chi connectivity index (χ0n) is 11.2. The van der Waals surface area contributed by atoms with Crippen molar-refractivity contribution in [1.82, 2.24) is 4.98 Å². The summed E-state index contributed by atoms with van der Waals surface area (Å²) in [6, 6.07) is 1.23. The molecule has 3 rings (SSSR count). The van der Waals surface area contributed by atoms with Crippen LogP contribution < -0.4 is 9.88 Å². The van der Waals surface area contributed by atoms with Gasteiger partial charge in [0.1, 0.15) is 15.7 Å². The summed E-state index contributed by atoms with van der Waals surface area (Å²) in [4.78, 5) is 15.3. The number of hydrogen-bond acceptors (Lipinski definition) is 5. The van der Waals surface area contributed by atoms with Crippen LogP contribution in [0.4, 0.5) is 0 Å². The maximum Gasteiger partial charge on any atom is 0.239 e. The third-order valence-electron chi connectivity index (χ3n) is 4.30. The lowest BCUT2D eigenvalue weighted by atomic mass is 9.89. The molecular weight excluding hydrogens is 316 g/mol. The molecule has 0 aromatic carbocycles. The van der Waals surface area contributed by atoms with Crippen molar-refractivity contribution in [3.05, 3.63) is 17.3 Å². The van der Waals surface area contributed by atoms with Gasteiger partial charge in [-0.3, -0.25) is 4.79 Å². The van der Waals surface area contributed by atoms with Gasteiger partial charge in [0.2, 0.25) is 15.9 Å². The highest BCUT2D eigenvalue weighted by molar-refractivity contribution is 7.89. The molecule has 2 bridgehead atoms. The van der Waals surface area contributed by atoms with Crippen molar-refractivity contribution in [2.75, 3.05) is 6.61 Å². The number of fused-ring (bicyclic) bond motifs is 2. The molecule has 1 aromatic heterocycles. The Morgan fingerprint density at radius 3 is 2.71 bits per heavy atom. The molecule has 0 saturated heterocycles. The van der Waals surface area contributed by atoms with Gasteiger partial charge in [0.25, 0.3) is 0 Å². The van der Waals surface area contributed by atoms with E-state index in [4.69, 9.17) is 21.5 Å². The summed E-state index contributed by atoms with van der Waals surface area (Å²) in [6.45, 7) is 0.440. The minimum absolute atomic E-state index is 0.112. The van der Waals surface area contributed by atoms with Gasteiger partial charge in [-0.15, -0.1) is 0 Å². The number of rotatable bonds is 4. The Labute approximate surface area is 127 Å². The second-order valence-corrected chi connectivity index (χ2v) is 7.64. The molecule has 2 fully saturated rings. The maximum absolute atomic E-state index is 11.5. The predicted molar refractivity (Wildman–Crippen MR) is 75.4 cm³/mol. The molecule has 8 heteroatoms. The van der Waals surface area contributed by atoms with Crippen LogP contribution in [0.5, 0.6) is 5.88 Å². The minimum Gasteiger partial charge on any atom is -0.476 e. The number of hydrogen-bond donors (Lipinski definition) is 1. The number of carbonyl (C=O) groups excluding carboxylic acids is 1. The number of pyridine rings is 1. The Balaban J connectivity index is 1.65. The van der Waals surface area contributed by atoms with Crippen molar-refractivity contribution >= 4 is 27.4 Å². The summed E-state index contributed by atoms with van der Waals surface area (Å²) in [5, 5.41) is 5.12. The predicted octanol–water partition coefficient (Wildman–Crippen LogP) is 1.38. The Morgan fingerprint density at radius 2 is 2.19 bits per heavy atom. The van der Waals surface area contributed by atoms with Crippen LogP contribution in [0.2, 0.25) is 5.02 Å². The first kappa shape index (κ1) is 14.7. The van der Waals surface area contributed by atoms with Crippen LogP contribution in [0, 0.1) is 17.8 Å². The van der Waals surface area contributed by atoms with E-state index in [0.29, 0.717) is 30.6 Å². The highest BCUT2D eigenvalue weighted by Crippen LogP contribution is 2.46. The highest BCUT2D eigenvalue weighted by atomic mass is 35.5. The summed E-state index contributed by atoms with van der Waals surface area (Å²) in [7, 11) is -3.83. The van der Waals surface area contributed by atoms with Crippen molar-refractivity contribution in [3.63, 3.8) is 0 Å². The number of nitrogens with two attached hydrogens (primary N) is 1. The van der Waals surface area contributed by atoms with Gasteiger partial charge in [-0.25, -0.2) is 18.5 Å². The molecule has 0 spiro atoms. The van der Waals surface area contributed by atoms with Crippen LogP contribution in [0.3, 0.4) is 0 Å². The first-order valence-corrected chi connectivity index (χ1v) is 8.61. The molecule has 2 aliphatic rings. The fourth-order valence-electron chi connectivity index (χ4n) is 3.21. The number of aromatic nitrogens is 1. The first-order valence-electron chi connectivity index (χ1n) is 6.68. The van der Waals surface area contributed by atoms with Crippen LogP contribution in [-0.4, -0.2) is 25.8 Å². The largest absolute Gasteiger partial charge is 0.476 e. The number of nitrogens with zero attached hydrogens (tertiary/aromatic N) is 1. The number of carbonyl (C=O) groups is 1. The number of ether oxygens (including phenoxy) is 1. The Bertz CT molecular complexity index is 691. The second-order valence-electron chi connectivity index (χ2n) is 5.67. The molecule has 2 N–H and O–H groups in total. The van der Waals surface area contributed by atoms with E-state index < -0.39 is 10.0 Å². The van der Waals surface area contributed by atoms with E-state index >= 15 is 0 Å². The summed E-state index contributed by atoms with van der Waals surface area (Å²) in [5.41, 5.74) is 0. The Kier molecular flexibility index (Phi) is 3.67. The van der Waals surface area contributed by atoms with Gasteiger partial charge >= 0.3 is 0 Å². The third-order valence-corrected chi connectivity index (χ3v) is 5.46. The standard InChI is InChI=1S/C13H15ClN2O4S/c14-11-4-10(21(15,18)19)5-16-13(11)20-6-9-2-8-1-7(9)3-12(8)17/h4-5,7-9H,1-3,6H2,(H2,15,18,19)/t7-,8+,9-/m0/s1. The molecule has 1 heterocycles. The summed E-state index contributed by atoms with van der Waals surface area (Å²) >= 11 is 5.96. The third kappa shape index (κ3) is 2.90. The molecule has 0 radical (unpaired) electrons. The lowest BCUT2D eigenvalue weighted by Crippen LogP contribution is -2.23. The number of halogens is 1. The number of primary sulfonamides is 1. The molecule has 0 unspecified atom stereocenters. The fourth-order valence-corrected chi connectivity index (χ4v) is 3.98. The van der Waals surface area contributed by atoms with E-state index in [1.165, 1.54) is 6.07 Å². The number of ketones is 1. The van der Waals surface area contributed by atoms with Gasteiger partial charge in [-0.1, -0.05) is 11.6 Å². The van der Waals surface area contributed by atoms with Crippen molar-refractivity contribution in [3.8, 4) is 5.88 Å². The molecule has 114 valence electrons. The first-order chi connectivity index (χ1) is 9.84. The van der Waals surface area contributed by atoms with E-state index in [1.54, 1.807) is 0 Å². The van der Waals surface area contributed by atoms with Gasteiger partial charge in [0.15, 0.2) is 0 Å². The van der Waals surface area contributed by atoms with E-state index in [0.717, 1.165) is 19.0 Å². The van der Waals surface area contributed by atoms with Crippen molar-refractivity contribution in [2.24, 2.45) is 22.9 Å². The van der Waals surface area contributed by atoms with E-state index in [2.05, 4.69) is 4.98 Å². The van der Waals surface area contributed by atoms with Crippen LogP contribution >= 0.6 is 11.6 Å². The number of Topliss-reactive ketones (excluding diaryl/α,β-unsaturated/α-hetero) is 1. The van der Waals surface area contributed by atoms with Gasteiger partial charge < -0.3 is 4.74 Å². The van der Waals surface area contributed by atoms with Crippen LogP contribution in [0.1, 0.15) is 19.3 Å². The average molecular weight is 331 g/mol. The highest BCUT2D eigenvalue weighted by Gasteiger charge is 2.45. The minimum atomic E-state index is -3.83. The van der Waals surface area contributed by atoms with Crippen LogP contribution in [0.25, 0.3) is 0 Å². The molecule has 0 aliphatic heterocycles. The fraction of sp³-hybridized carbons (Fsp3) is 0.538. The van der Waals surface area contributed by atoms with Crippen LogP contribution in [-0.2, 0) is 14.8 Å². The molecule has 3 atom stereocenters. The molecule has 0 amide bonds. The van der Waals surface area contributed by atoms with Crippen LogP contribution in [0.15, 0.2) is 17.2 Å². The summed E-state index contributed by atoms with van der Waals surface area (Å²) < 4.78 is 28.0. The SMILES string of the molecule is NS(=O)(=O)c1cnc(OC[C@@H]2C[C@H]3C[C@H]2CC3=O)c(Cl)c1. The quantitative estimate of drug-likeness (QED) is 0.899. The van der Waals surface area contributed by atoms with Crippen molar-refractivity contribution < 1.29 is 17.9 Å². The molecule has 21 heavy (non-hydrogen) atoms. The zero-order chi connectivity index (χ0) is 15.2. The molecule has 1 aromatic rings. The summed E-state index contributed by atoms with van der Waals surface area (Å²) in [5.74, 6) is 1.48. The molecule has 2 aliphatic carbocycles. The van der Waals surface area contributed by atoms with Gasteiger partial charge in [-0.05, 0) is 30.7 Å². The normalized spacial score (nSPS) is 28.1. The van der Waals surface area contributed by atoms with Gasteiger partial charge in [0.05, 0.1) is 12.8 Å². The van der Waals surface area contributed by atoms with Gasteiger partial charge in [-0.2, -0.15) is 0 Å². The van der Waals surface area contributed by atoms with E-state index in [-0.39, 0.29) is 21.7 Å². The summed E-state index contributed by atoms with van der Waals surface area (Å²) in [6.07, 6.45) is 3.58. The van der Waals surface area contributed by atoms with E-state index in [1.807, 2.05) is 0 Å². The second kappa shape index (κ2) is 5.23. The molecule has 2 saturated carbocycles. The Morgan fingerprint density at radius 1 is 1.43 bits per heavy atom. The topological polar surface area (TPSA) is 99.4 Å². The van der Waals surface area contributed by atoms with E-state index in [9.17, 15) is 13.2 Å². The lowest BCUT2D eigenvalue weighted by molar-refractivity contribution is -0.122. The molecule has 6 nitrogen and oxygen atoms in total. The molecular formula is C13H15ClN2O4S. The van der Waals surface area contributed by atoms with Crippen molar-refractivity contribution in [1.29, 1.82) is 0 Å². The van der Waals surface area contributed by atoms with Crippen molar-refractivity contribution in [2.45, 2.75) is 24.2 Å².